The quantitative estimate of drug-likeness (QED) is 0.720. The lowest BCUT2D eigenvalue weighted by molar-refractivity contribution is -0.139. The van der Waals surface area contributed by atoms with Crippen LogP contribution >= 0.6 is 43.2 Å². The summed E-state index contributed by atoms with van der Waals surface area (Å²) in [5, 5.41) is 9.06. The molecule has 1 atom stereocenters. The molecule has 2 N–H and O–H groups in total. The van der Waals surface area contributed by atoms with Gasteiger partial charge in [0.2, 0.25) is 10.0 Å². The average Bonchev–Trinajstić information content (AvgIpc) is 2.56. The molecular formula is C10H13Br2NO4S2. The van der Waals surface area contributed by atoms with E-state index in [-0.39, 0.29) is 17.2 Å². The molecule has 1 rings (SSSR count). The number of hydrogen-bond acceptors (Lipinski definition) is 4. The number of carboxylic acids is 1. The van der Waals surface area contributed by atoms with Crippen LogP contribution in [0.2, 0.25) is 0 Å². The van der Waals surface area contributed by atoms with Gasteiger partial charge < -0.3 is 5.11 Å². The minimum absolute atomic E-state index is 0.0411. The first-order valence-electron chi connectivity index (χ1n) is 5.33. The molecule has 0 aromatic carbocycles. The van der Waals surface area contributed by atoms with Crippen LogP contribution in [-0.2, 0) is 14.8 Å². The molecule has 0 aliphatic rings. The van der Waals surface area contributed by atoms with Crippen molar-refractivity contribution in [3.8, 4) is 0 Å². The van der Waals surface area contributed by atoms with Crippen molar-refractivity contribution in [2.45, 2.75) is 31.2 Å². The maximum absolute atomic E-state index is 12.1. The fourth-order valence-electron chi connectivity index (χ4n) is 1.43. The Kier molecular flexibility index (Phi) is 5.99. The van der Waals surface area contributed by atoms with E-state index in [4.69, 9.17) is 5.11 Å². The molecule has 0 unspecified atom stereocenters. The van der Waals surface area contributed by atoms with E-state index in [0.717, 1.165) is 0 Å². The topological polar surface area (TPSA) is 83.5 Å². The number of carbonyl (C=O) groups is 1. The Hall–Kier alpha value is 0.0400. The number of carboxylic acid groups (broad SMARTS) is 1. The Bertz CT molecular complexity index is 568. The first-order valence-corrected chi connectivity index (χ1v) is 9.22. The third-order valence-corrected chi connectivity index (χ3v) is 6.44. The Balaban J connectivity index is 3.01. The predicted molar refractivity (Wildman–Crippen MR) is 80.9 cm³/mol. The van der Waals surface area contributed by atoms with Crippen LogP contribution in [0, 0.1) is 5.92 Å². The van der Waals surface area contributed by atoms with Gasteiger partial charge in [0, 0.05) is 0 Å². The zero-order valence-corrected chi connectivity index (χ0v) is 15.0. The van der Waals surface area contributed by atoms with Gasteiger partial charge in [-0.05, 0) is 50.3 Å². The molecule has 0 bridgehead atoms. The third-order valence-electron chi connectivity index (χ3n) is 2.22. The van der Waals surface area contributed by atoms with Gasteiger partial charge in [-0.1, -0.05) is 13.8 Å². The second kappa shape index (κ2) is 6.66. The van der Waals surface area contributed by atoms with Crippen LogP contribution in [0.3, 0.4) is 0 Å². The number of thiophene rings is 1. The van der Waals surface area contributed by atoms with Crippen LogP contribution in [0.25, 0.3) is 0 Å². The second-order valence-corrected chi connectivity index (χ2v) is 9.76. The highest BCUT2D eigenvalue weighted by Crippen LogP contribution is 2.34. The summed E-state index contributed by atoms with van der Waals surface area (Å²) in [7, 11) is -3.86. The summed E-state index contributed by atoms with van der Waals surface area (Å²) in [6.45, 7) is 3.67. The van der Waals surface area contributed by atoms with Gasteiger partial charge in [-0.2, -0.15) is 4.72 Å². The maximum atomic E-state index is 12.1. The van der Waals surface area contributed by atoms with Crippen molar-refractivity contribution < 1.29 is 18.3 Å². The van der Waals surface area contributed by atoms with E-state index in [0.29, 0.717) is 7.57 Å². The molecule has 0 fully saturated rings. The number of aliphatic carboxylic acids is 1. The number of hydrogen-bond donors (Lipinski definition) is 2. The van der Waals surface area contributed by atoms with Crippen molar-refractivity contribution in [1.82, 2.24) is 4.72 Å². The van der Waals surface area contributed by atoms with Crippen LogP contribution in [0.4, 0.5) is 0 Å². The molecular weight excluding hydrogens is 422 g/mol. The number of rotatable bonds is 6. The van der Waals surface area contributed by atoms with Crippen LogP contribution < -0.4 is 4.72 Å². The highest BCUT2D eigenvalue weighted by molar-refractivity contribution is 9.12. The lowest BCUT2D eigenvalue weighted by Gasteiger charge is -2.16. The van der Waals surface area contributed by atoms with Crippen LogP contribution in [-0.4, -0.2) is 25.5 Å². The summed E-state index contributed by atoms with van der Waals surface area (Å²) in [4.78, 5) is 11.1. The zero-order valence-electron chi connectivity index (χ0n) is 10.2. The SMILES string of the molecule is CC(C)C[C@@H](NS(=O)(=O)c1cc(Br)sc1Br)C(=O)O. The smallest absolute Gasteiger partial charge is 0.321 e. The van der Waals surface area contributed by atoms with E-state index in [2.05, 4.69) is 36.6 Å². The second-order valence-electron chi connectivity index (χ2n) is 4.33. The zero-order chi connectivity index (χ0) is 14.8. The Morgan fingerprint density at radius 2 is 2.05 bits per heavy atom. The van der Waals surface area contributed by atoms with Gasteiger partial charge in [0.1, 0.15) is 10.9 Å². The molecule has 1 heterocycles. The molecule has 9 heteroatoms. The molecule has 0 spiro atoms. The summed E-state index contributed by atoms with van der Waals surface area (Å²) in [5.41, 5.74) is 0. The van der Waals surface area contributed by atoms with E-state index < -0.39 is 22.0 Å². The van der Waals surface area contributed by atoms with Crippen LogP contribution in [0.15, 0.2) is 18.5 Å². The Labute approximate surface area is 132 Å². The summed E-state index contributed by atoms with van der Waals surface area (Å²) in [6.07, 6.45) is 0.234. The van der Waals surface area contributed by atoms with Gasteiger partial charge in [-0.25, -0.2) is 8.42 Å². The normalized spacial score (nSPS) is 13.7. The fraction of sp³-hybridized carbons (Fsp3) is 0.500. The maximum Gasteiger partial charge on any atom is 0.321 e. The molecule has 1 aromatic heterocycles. The molecule has 0 saturated carbocycles. The standard InChI is InChI=1S/C10H13Br2NO4S2/c1-5(2)3-6(10(14)15)13-19(16,17)7-4-8(11)18-9(7)12/h4-6,13H,3H2,1-2H3,(H,14,15)/t6-/m1/s1. The predicted octanol–water partition coefficient (Wildman–Crippen LogP) is 3.05. The summed E-state index contributed by atoms with van der Waals surface area (Å²) in [5.74, 6) is -1.11. The van der Waals surface area contributed by atoms with Gasteiger partial charge in [-0.15, -0.1) is 11.3 Å². The third kappa shape index (κ3) is 4.82. The van der Waals surface area contributed by atoms with Crippen molar-refractivity contribution in [2.24, 2.45) is 5.92 Å². The molecule has 0 amide bonds. The fourth-order valence-corrected chi connectivity index (χ4v) is 6.44. The molecule has 1 aromatic rings. The van der Waals surface area contributed by atoms with Gasteiger partial charge in [0.25, 0.3) is 0 Å². The minimum Gasteiger partial charge on any atom is -0.480 e. The molecule has 0 aliphatic carbocycles. The highest BCUT2D eigenvalue weighted by atomic mass is 79.9. The van der Waals surface area contributed by atoms with Crippen molar-refractivity contribution >= 4 is 59.2 Å². The molecule has 0 radical (unpaired) electrons. The molecule has 19 heavy (non-hydrogen) atoms. The van der Waals surface area contributed by atoms with Crippen LogP contribution in [0.5, 0.6) is 0 Å². The number of halogens is 2. The van der Waals surface area contributed by atoms with Gasteiger partial charge in [0.05, 0.1) is 7.57 Å². The first kappa shape index (κ1) is 17.1. The van der Waals surface area contributed by atoms with Crippen molar-refractivity contribution in [1.29, 1.82) is 0 Å². The van der Waals surface area contributed by atoms with E-state index in [9.17, 15) is 13.2 Å². The minimum atomic E-state index is -3.86. The molecule has 5 nitrogen and oxygen atoms in total. The number of sulfonamides is 1. The van der Waals surface area contributed by atoms with E-state index in [1.54, 1.807) is 0 Å². The van der Waals surface area contributed by atoms with E-state index in [1.807, 2.05) is 13.8 Å². The van der Waals surface area contributed by atoms with Gasteiger partial charge >= 0.3 is 5.97 Å². The lowest BCUT2D eigenvalue weighted by atomic mass is 10.1. The largest absolute Gasteiger partial charge is 0.480 e. The van der Waals surface area contributed by atoms with E-state index in [1.165, 1.54) is 17.4 Å². The molecule has 108 valence electrons. The van der Waals surface area contributed by atoms with Crippen molar-refractivity contribution in [2.75, 3.05) is 0 Å². The van der Waals surface area contributed by atoms with E-state index >= 15 is 0 Å². The first-order chi connectivity index (χ1) is 8.63. The molecule has 0 aliphatic heterocycles. The average molecular weight is 435 g/mol. The Morgan fingerprint density at radius 3 is 2.42 bits per heavy atom. The van der Waals surface area contributed by atoms with Crippen molar-refractivity contribution in [3.05, 3.63) is 13.6 Å². The monoisotopic (exact) mass is 433 g/mol. The van der Waals surface area contributed by atoms with Crippen LogP contribution in [0.1, 0.15) is 20.3 Å². The summed E-state index contributed by atoms with van der Waals surface area (Å²) in [6, 6.07) is 0.307. The number of nitrogens with one attached hydrogen (secondary N) is 1. The highest BCUT2D eigenvalue weighted by Gasteiger charge is 2.28. The molecule has 0 saturated heterocycles. The summed E-state index contributed by atoms with van der Waals surface area (Å²) >= 11 is 7.56. The summed E-state index contributed by atoms with van der Waals surface area (Å²) < 4.78 is 27.6. The van der Waals surface area contributed by atoms with Gasteiger partial charge in [-0.3, -0.25) is 4.79 Å². The van der Waals surface area contributed by atoms with Crippen molar-refractivity contribution in [3.63, 3.8) is 0 Å². The van der Waals surface area contributed by atoms with Gasteiger partial charge in [0.15, 0.2) is 0 Å². The lowest BCUT2D eigenvalue weighted by Crippen LogP contribution is -2.41. The Morgan fingerprint density at radius 1 is 1.47 bits per heavy atom.